The molecule has 0 spiro atoms. The third-order valence-corrected chi connectivity index (χ3v) is 4.44. The lowest BCUT2D eigenvalue weighted by molar-refractivity contribution is -0.144. The van der Waals surface area contributed by atoms with Gasteiger partial charge >= 0.3 is 17.8 Å². The molecule has 0 atom stereocenters. The smallest absolute Gasteiger partial charge is 0.416 e. The number of carbonyl (C=O) groups excluding carboxylic acids is 1. The number of fused-ring (bicyclic) bond motifs is 1. The summed E-state index contributed by atoms with van der Waals surface area (Å²) in [4.78, 5) is 23.8. The lowest BCUT2D eigenvalue weighted by Crippen LogP contribution is -2.11. The SMILES string of the molecule is Cc1cc2oc(=O)cc(COC(=O)Cc3cccc(C(F)(F)F)c3)c2cc1C. The van der Waals surface area contributed by atoms with Crippen molar-refractivity contribution in [2.24, 2.45) is 0 Å². The van der Waals surface area contributed by atoms with Gasteiger partial charge in [-0.05, 0) is 48.7 Å². The number of alkyl halides is 3. The first-order valence-electron chi connectivity index (χ1n) is 8.49. The zero-order valence-electron chi connectivity index (χ0n) is 15.2. The molecule has 1 aromatic heterocycles. The van der Waals surface area contributed by atoms with Crippen LogP contribution in [0.25, 0.3) is 11.0 Å². The Balaban J connectivity index is 1.77. The third kappa shape index (κ3) is 4.42. The van der Waals surface area contributed by atoms with Crippen molar-refractivity contribution in [1.29, 1.82) is 0 Å². The molecule has 0 amide bonds. The van der Waals surface area contributed by atoms with Gasteiger partial charge in [0.25, 0.3) is 0 Å². The van der Waals surface area contributed by atoms with Crippen LogP contribution >= 0.6 is 0 Å². The number of hydrogen-bond acceptors (Lipinski definition) is 4. The summed E-state index contributed by atoms with van der Waals surface area (Å²) in [6.07, 6.45) is -4.78. The minimum atomic E-state index is -4.48. The summed E-state index contributed by atoms with van der Waals surface area (Å²) in [6.45, 7) is 3.61. The summed E-state index contributed by atoms with van der Waals surface area (Å²) in [5, 5.41) is 0.648. The second kappa shape index (κ2) is 7.50. The van der Waals surface area contributed by atoms with Crippen LogP contribution in [0.15, 0.2) is 51.7 Å². The van der Waals surface area contributed by atoms with E-state index in [1.165, 1.54) is 18.2 Å². The Bertz CT molecular complexity index is 1100. The zero-order valence-corrected chi connectivity index (χ0v) is 15.2. The normalized spacial score (nSPS) is 11.6. The van der Waals surface area contributed by atoms with Gasteiger partial charge in [0.15, 0.2) is 0 Å². The molecule has 1 heterocycles. The molecule has 146 valence electrons. The summed E-state index contributed by atoms with van der Waals surface area (Å²) in [6, 6.07) is 9.34. The fourth-order valence-corrected chi connectivity index (χ4v) is 2.84. The molecule has 0 saturated carbocycles. The molecule has 3 aromatic rings. The lowest BCUT2D eigenvalue weighted by atomic mass is 10.0. The van der Waals surface area contributed by atoms with Crippen LogP contribution in [-0.4, -0.2) is 5.97 Å². The molecule has 2 aromatic carbocycles. The van der Waals surface area contributed by atoms with Gasteiger partial charge in [0.2, 0.25) is 0 Å². The molecule has 0 unspecified atom stereocenters. The Kier molecular flexibility index (Phi) is 5.27. The van der Waals surface area contributed by atoms with Gasteiger partial charge in [0.05, 0.1) is 12.0 Å². The Morgan fingerprint density at radius 1 is 1.07 bits per heavy atom. The molecule has 3 rings (SSSR count). The molecule has 0 bridgehead atoms. The largest absolute Gasteiger partial charge is 0.461 e. The third-order valence-electron chi connectivity index (χ3n) is 4.44. The van der Waals surface area contributed by atoms with Gasteiger partial charge < -0.3 is 9.15 Å². The summed E-state index contributed by atoms with van der Waals surface area (Å²) in [5.74, 6) is -0.690. The van der Waals surface area contributed by atoms with E-state index in [9.17, 15) is 22.8 Å². The highest BCUT2D eigenvalue weighted by atomic mass is 19.4. The van der Waals surface area contributed by atoms with Crippen molar-refractivity contribution < 1.29 is 27.1 Å². The maximum atomic E-state index is 12.8. The first kappa shape index (κ1) is 19.7. The molecule has 4 nitrogen and oxygen atoms in total. The molecular formula is C21H17F3O4. The van der Waals surface area contributed by atoms with Crippen LogP contribution in [0.3, 0.4) is 0 Å². The number of hydrogen-bond donors (Lipinski definition) is 0. The van der Waals surface area contributed by atoms with Crippen LogP contribution in [0, 0.1) is 13.8 Å². The quantitative estimate of drug-likeness (QED) is 0.478. The molecule has 0 aliphatic heterocycles. The van der Waals surface area contributed by atoms with Crippen molar-refractivity contribution in [1.82, 2.24) is 0 Å². The molecule has 0 N–H and O–H groups in total. The standard InChI is InChI=1S/C21H17F3O4/c1-12-6-17-15(10-20(26)28-18(17)7-13(12)2)11-27-19(25)9-14-4-3-5-16(8-14)21(22,23)24/h3-8,10H,9,11H2,1-2H3. The monoisotopic (exact) mass is 390 g/mol. The van der Waals surface area contributed by atoms with Crippen LogP contribution < -0.4 is 5.63 Å². The minimum absolute atomic E-state index is 0.178. The van der Waals surface area contributed by atoms with E-state index in [1.807, 2.05) is 19.9 Å². The van der Waals surface area contributed by atoms with Crippen LogP contribution in [0.4, 0.5) is 13.2 Å². The topological polar surface area (TPSA) is 56.5 Å². The van der Waals surface area contributed by atoms with E-state index in [4.69, 9.17) is 9.15 Å². The number of rotatable bonds is 4. The van der Waals surface area contributed by atoms with E-state index >= 15 is 0 Å². The second-order valence-electron chi connectivity index (χ2n) is 6.56. The molecule has 0 aliphatic rings. The fourth-order valence-electron chi connectivity index (χ4n) is 2.84. The van der Waals surface area contributed by atoms with Gasteiger partial charge in [0, 0.05) is 17.0 Å². The van der Waals surface area contributed by atoms with Crippen LogP contribution in [0.2, 0.25) is 0 Å². The summed E-state index contributed by atoms with van der Waals surface area (Å²) < 4.78 is 48.7. The lowest BCUT2D eigenvalue weighted by Gasteiger charge is -2.10. The van der Waals surface area contributed by atoms with Crippen LogP contribution in [0.5, 0.6) is 0 Å². The van der Waals surface area contributed by atoms with Gasteiger partial charge in [-0.25, -0.2) is 4.79 Å². The maximum Gasteiger partial charge on any atom is 0.416 e. The number of ether oxygens (including phenoxy) is 1. The second-order valence-corrected chi connectivity index (χ2v) is 6.56. The molecule has 28 heavy (non-hydrogen) atoms. The average Bonchev–Trinajstić information content (AvgIpc) is 2.61. The number of halogens is 3. The first-order chi connectivity index (χ1) is 13.1. The number of aryl methyl sites for hydroxylation is 2. The predicted molar refractivity (Wildman–Crippen MR) is 96.9 cm³/mol. The van der Waals surface area contributed by atoms with Crippen molar-refractivity contribution in [3.63, 3.8) is 0 Å². The average molecular weight is 390 g/mol. The highest BCUT2D eigenvalue weighted by molar-refractivity contribution is 5.82. The van der Waals surface area contributed by atoms with E-state index in [0.717, 1.165) is 23.3 Å². The van der Waals surface area contributed by atoms with Crippen molar-refractivity contribution in [3.05, 3.63) is 80.7 Å². The highest BCUT2D eigenvalue weighted by Gasteiger charge is 2.30. The van der Waals surface area contributed by atoms with Gasteiger partial charge in [-0.1, -0.05) is 18.2 Å². The van der Waals surface area contributed by atoms with E-state index in [1.54, 1.807) is 6.07 Å². The molecular weight excluding hydrogens is 373 g/mol. The van der Waals surface area contributed by atoms with Crippen molar-refractivity contribution in [3.8, 4) is 0 Å². The van der Waals surface area contributed by atoms with E-state index < -0.39 is 23.3 Å². The maximum absolute atomic E-state index is 12.8. The first-order valence-corrected chi connectivity index (χ1v) is 8.49. The Morgan fingerprint density at radius 2 is 1.79 bits per heavy atom. The Morgan fingerprint density at radius 3 is 2.50 bits per heavy atom. The molecule has 0 fully saturated rings. The van der Waals surface area contributed by atoms with Crippen molar-refractivity contribution >= 4 is 16.9 Å². The van der Waals surface area contributed by atoms with Gasteiger partial charge in [0.1, 0.15) is 12.2 Å². The van der Waals surface area contributed by atoms with Gasteiger partial charge in [-0.2, -0.15) is 13.2 Å². The van der Waals surface area contributed by atoms with Crippen LogP contribution in [-0.2, 0) is 28.7 Å². The number of esters is 1. The van der Waals surface area contributed by atoms with E-state index in [-0.39, 0.29) is 18.6 Å². The highest BCUT2D eigenvalue weighted by Crippen LogP contribution is 2.29. The minimum Gasteiger partial charge on any atom is -0.461 e. The van der Waals surface area contributed by atoms with Crippen LogP contribution in [0.1, 0.15) is 27.8 Å². The Labute approximate surface area is 158 Å². The summed E-state index contributed by atoms with van der Waals surface area (Å²) in [7, 11) is 0. The molecule has 0 aliphatic carbocycles. The van der Waals surface area contributed by atoms with Crippen molar-refractivity contribution in [2.75, 3.05) is 0 Å². The number of carbonyl (C=O) groups is 1. The van der Waals surface area contributed by atoms with E-state index in [2.05, 4.69) is 0 Å². The summed E-state index contributed by atoms with van der Waals surface area (Å²) in [5.41, 5.74) is 1.61. The fraction of sp³-hybridized carbons (Fsp3) is 0.238. The predicted octanol–water partition coefficient (Wildman–Crippen LogP) is 4.71. The number of benzene rings is 2. The molecule has 0 radical (unpaired) electrons. The Hall–Kier alpha value is -3.09. The summed E-state index contributed by atoms with van der Waals surface area (Å²) >= 11 is 0. The van der Waals surface area contributed by atoms with E-state index in [0.29, 0.717) is 16.5 Å². The molecule has 7 heteroatoms. The van der Waals surface area contributed by atoms with Gasteiger partial charge in [-0.15, -0.1) is 0 Å². The zero-order chi connectivity index (χ0) is 20.5. The van der Waals surface area contributed by atoms with Crippen molar-refractivity contribution in [2.45, 2.75) is 33.1 Å². The van der Waals surface area contributed by atoms with Gasteiger partial charge in [-0.3, -0.25) is 4.79 Å². The molecule has 0 saturated heterocycles.